The van der Waals surface area contributed by atoms with E-state index in [2.05, 4.69) is 0 Å². The Hall–Kier alpha value is -2.25. The average Bonchev–Trinajstić information content (AvgIpc) is 2.31. The van der Waals surface area contributed by atoms with Crippen LogP contribution in [-0.2, 0) is 11.0 Å². The van der Waals surface area contributed by atoms with Gasteiger partial charge in [0.2, 0.25) is 0 Å². The summed E-state index contributed by atoms with van der Waals surface area (Å²) in [5.74, 6) is -1.95. The van der Waals surface area contributed by atoms with Gasteiger partial charge in [-0.3, -0.25) is 9.59 Å². The molecule has 1 aromatic rings. The largest absolute Gasteiger partial charge is 0.481 e. The number of hydrogen-bond acceptors (Lipinski definition) is 3. The number of carbonyl (C=O) groups excluding carboxylic acids is 1. The van der Waals surface area contributed by atoms with E-state index in [0.29, 0.717) is 18.8 Å². The number of rotatable bonds is 4. The third-order valence-corrected chi connectivity index (χ3v) is 3.35. The number of halogens is 3. The van der Waals surface area contributed by atoms with E-state index in [0.717, 1.165) is 12.1 Å². The Morgan fingerprint density at radius 2 is 1.95 bits per heavy atom. The summed E-state index contributed by atoms with van der Waals surface area (Å²) in [4.78, 5) is 23.5. The molecule has 0 atom stereocenters. The zero-order valence-corrected chi connectivity index (χ0v) is 10.9. The Morgan fingerprint density at radius 3 is 2.43 bits per heavy atom. The summed E-state index contributed by atoms with van der Waals surface area (Å²) in [6, 6.07) is 2.80. The van der Waals surface area contributed by atoms with Gasteiger partial charge < -0.3 is 15.7 Å². The smallest absolute Gasteiger partial charge is 0.416 e. The van der Waals surface area contributed by atoms with Crippen LogP contribution in [0.25, 0.3) is 0 Å². The topological polar surface area (TPSA) is 83.6 Å². The first-order chi connectivity index (χ1) is 9.68. The molecule has 0 aromatic heterocycles. The van der Waals surface area contributed by atoms with Crippen LogP contribution in [0.1, 0.15) is 22.3 Å². The number of nitrogens with two attached hydrogens (primary N) is 1. The number of carbonyl (C=O) groups is 2. The first-order valence-electron chi connectivity index (χ1n) is 6.16. The van der Waals surface area contributed by atoms with Gasteiger partial charge in [0.25, 0.3) is 5.91 Å². The highest BCUT2D eigenvalue weighted by Gasteiger charge is 2.34. The van der Waals surface area contributed by atoms with E-state index in [1.165, 1.54) is 6.07 Å². The number of primary amides is 1. The number of anilines is 1. The SMILES string of the molecule is NC(=O)c1cc(C(F)(F)F)ccc1N1CC(CC(=O)O)C1. The van der Waals surface area contributed by atoms with Gasteiger partial charge in [0.15, 0.2) is 0 Å². The second-order valence-corrected chi connectivity index (χ2v) is 4.96. The normalized spacial score (nSPS) is 15.7. The predicted octanol–water partition coefficient (Wildman–Crippen LogP) is 1.72. The number of nitrogens with zero attached hydrogens (tertiary/aromatic N) is 1. The van der Waals surface area contributed by atoms with Crippen molar-refractivity contribution in [2.24, 2.45) is 11.7 Å². The predicted molar refractivity (Wildman–Crippen MR) is 67.9 cm³/mol. The molecule has 21 heavy (non-hydrogen) atoms. The number of hydrogen-bond donors (Lipinski definition) is 2. The van der Waals surface area contributed by atoms with Gasteiger partial charge in [-0.05, 0) is 18.2 Å². The minimum atomic E-state index is -4.55. The molecule has 0 radical (unpaired) electrons. The molecule has 8 heteroatoms. The van der Waals surface area contributed by atoms with Crippen molar-refractivity contribution in [2.75, 3.05) is 18.0 Å². The Bertz CT molecular complexity index is 581. The van der Waals surface area contributed by atoms with Crippen molar-refractivity contribution in [1.82, 2.24) is 0 Å². The summed E-state index contributed by atoms with van der Waals surface area (Å²) in [5, 5.41) is 8.66. The molecule has 1 saturated heterocycles. The van der Waals surface area contributed by atoms with E-state index in [9.17, 15) is 22.8 Å². The summed E-state index contributed by atoms with van der Waals surface area (Å²) in [6.07, 6.45) is -4.56. The quantitative estimate of drug-likeness (QED) is 0.887. The van der Waals surface area contributed by atoms with Crippen LogP contribution in [0.4, 0.5) is 18.9 Å². The molecule has 2 rings (SSSR count). The lowest BCUT2D eigenvalue weighted by molar-refractivity contribution is -0.139. The Kier molecular flexibility index (Phi) is 3.80. The molecule has 114 valence electrons. The van der Waals surface area contributed by atoms with Crippen LogP contribution in [0.3, 0.4) is 0 Å². The van der Waals surface area contributed by atoms with Crippen LogP contribution in [-0.4, -0.2) is 30.1 Å². The molecule has 0 saturated carbocycles. The van der Waals surface area contributed by atoms with E-state index in [-0.39, 0.29) is 17.9 Å². The van der Waals surface area contributed by atoms with Crippen LogP contribution in [0.15, 0.2) is 18.2 Å². The van der Waals surface area contributed by atoms with E-state index >= 15 is 0 Å². The van der Waals surface area contributed by atoms with Gasteiger partial charge in [0, 0.05) is 24.7 Å². The Balaban J connectivity index is 2.21. The van der Waals surface area contributed by atoms with Gasteiger partial charge in [-0.1, -0.05) is 0 Å². The van der Waals surface area contributed by atoms with Crippen LogP contribution < -0.4 is 10.6 Å². The number of carboxylic acid groups (broad SMARTS) is 1. The van der Waals surface area contributed by atoms with Crippen molar-refractivity contribution in [3.05, 3.63) is 29.3 Å². The van der Waals surface area contributed by atoms with E-state index < -0.39 is 23.6 Å². The fraction of sp³-hybridized carbons (Fsp3) is 0.385. The summed E-state index contributed by atoms with van der Waals surface area (Å²) in [5.41, 5.74) is 4.28. The summed E-state index contributed by atoms with van der Waals surface area (Å²) in [6.45, 7) is 0.746. The summed E-state index contributed by atoms with van der Waals surface area (Å²) < 4.78 is 37.9. The van der Waals surface area contributed by atoms with Crippen LogP contribution >= 0.6 is 0 Å². The molecular formula is C13H13F3N2O3. The van der Waals surface area contributed by atoms with Crippen LogP contribution in [0.5, 0.6) is 0 Å². The molecule has 1 fully saturated rings. The minimum Gasteiger partial charge on any atom is -0.481 e. The molecule has 0 spiro atoms. The monoisotopic (exact) mass is 302 g/mol. The molecule has 0 bridgehead atoms. The summed E-state index contributed by atoms with van der Waals surface area (Å²) in [7, 11) is 0. The molecule has 1 aliphatic heterocycles. The van der Waals surface area contributed by atoms with Gasteiger partial charge in [-0.2, -0.15) is 13.2 Å². The highest BCUT2D eigenvalue weighted by Crippen LogP contribution is 2.35. The molecule has 0 unspecified atom stereocenters. The zero-order chi connectivity index (χ0) is 15.8. The second kappa shape index (κ2) is 5.27. The van der Waals surface area contributed by atoms with E-state index in [4.69, 9.17) is 10.8 Å². The van der Waals surface area contributed by atoms with Crippen molar-refractivity contribution in [1.29, 1.82) is 0 Å². The van der Waals surface area contributed by atoms with Crippen molar-refractivity contribution < 1.29 is 27.9 Å². The molecule has 5 nitrogen and oxygen atoms in total. The first-order valence-corrected chi connectivity index (χ1v) is 6.16. The molecule has 1 aliphatic rings. The van der Waals surface area contributed by atoms with Crippen LogP contribution in [0, 0.1) is 5.92 Å². The van der Waals surface area contributed by atoms with Crippen molar-refractivity contribution in [3.63, 3.8) is 0 Å². The van der Waals surface area contributed by atoms with E-state index in [1.807, 2.05) is 0 Å². The number of carboxylic acids is 1. The molecule has 1 heterocycles. The fourth-order valence-electron chi connectivity index (χ4n) is 2.33. The molecule has 3 N–H and O–H groups in total. The van der Waals surface area contributed by atoms with E-state index in [1.54, 1.807) is 4.90 Å². The first kappa shape index (κ1) is 15.1. The maximum absolute atomic E-state index is 12.6. The van der Waals surface area contributed by atoms with Crippen LogP contribution in [0.2, 0.25) is 0 Å². The maximum Gasteiger partial charge on any atom is 0.416 e. The van der Waals surface area contributed by atoms with Crippen molar-refractivity contribution in [2.45, 2.75) is 12.6 Å². The van der Waals surface area contributed by atoms with Gasteiger partial charge in [0.05, 0.1) is 17.5 Å². The number of aliphatic carboxylic acids is 1. The standard InChI is InChI=1S/C13H13F3N2O3/c14-13(15,16)8-1-2-10(9(4-8)12(17)21)18-5-7(6-18)3-11(19)20/h1-2,4,7H,3,5-6H2,(H2,17,21)(H,19,20). The lowest BCUT2D eigenvalue weighted by Gasteiger charge is -2.41. The zero-order valence-electron chi connectivity index (χ0n) is 10.9. The number of amides is 1. The van der Waals surface area contributed by atoms with Gasteiger partial charge in [0.1, 0.15) is 0 Å². The molecule has 0 aliphatic carbocycles. The third kappa shape index (κ3) is 3.26. The van der Waals surface area contributed by atoms with Gasteiger partial charge in [-0.25, -0.2) is 0 Å². The molecule has 1 aromatic carbocycles. The lowest BCUT2D eigenvalue weighted by Crippen LogP contribution is -2.48. The Morgan fingerprint density at radius 1 is 1.33 bits per heavy atom. The average molecular weight is 302 g/mol. The van der Waals surface area contributed by atoms with Gasteiger partial charge >= 0.3 is 12.1 Å². The highest BCUT2D eigenvalue weighted by atomic mass is 19.4. The number of alkyl halides is 3. The summed E-state index contributed by atoms with van der Waals surface area (Å²) >= 11 is 0. The van der Waals surface area contributed by atoms with Crippen molar-refractivity contribution >= 4 is 17.6 Å². The minimum absolute atomic E-state index is 0.0109. The van der Waals surface area contributed by atoms with Crippen molar-refractivity contribution in [3.8, 4) is 0 Å². The van der Waals surface area contributed by atoms with Gasteiger partial charge in [-0.15, -0.1) is 0 Å². The Labute approximate surface area is 118 Å². The lowest BCUT2D eigenvalue weighted by atomic mass is 9.94. The second-order valence-electron chi connectivity index (χ2n) is 4.96. The highest BCUT2D eigenvalue weighted by molar-refractivity contribution is 5.99. The third-order valence-electron chi connectivity index (χ3n) is 3.35. The molecule has 1 amide bonds. The number of benzene rings is 1. The maximum atomic E-state index is 12.6. The molecular weight excluding hydrogens is 289 g/mol. The fourth-order valence-corrected chi connectivity index (χ4v) is 2.33.